The van der Waals surface area contributed by atoms with Crippen LogP contribution in [0.3, 0.4) is 0 Å². The van der Waals surface area contributed by atoms with Gasteiger partial charge < -0.3 is 20.3 Å². The molecule has 3 amide bonds. The number of morpholine rings is 1. The van der Waals surface area contributed by atoms with Crippen LogP contribution < -0.4 is 10.6 Å². The molecule has 0 saturated carbocycles. The number of terminal acetylenes is 1. The number of likely N-dealkylation sites (N-methyl/N-ethyl adjacent to an activating group) is 2. The van der Waals surface area contributed by atoms with Gasteiger partial charge in [-0.15, -0.1) is 18.2 Å². The van der Waals surface area contributed by atoms with Gasteiger partial charge in [-0.1, -0.05) is 24.1 Å². The summed E-state index contributed by atoms with van der Waals surface area (Å²) in [4.78, 5) is 31.2. The van der Waals surface area contributed by atoms with Crippen molar-refractivity contribution >= 4 is 23.7 Å². The van der Waals surface area contributed by atoms with Crippen molar-refractivity contribution in [3.63, 3.8) is 0 Å². The molecule has 0 aromatic heterocycles. The minimum Gasteiger partial charge on any atom is -0.379 e. The molecule has 0 bridgehead atoms. The summed E-state index contributed by atoms with van der Waals surface area (Å²) in [5, 5.41) is 5.12. The van der Waals surface area contributed by atoms with E-state index >= 15 is 0 Å². The minimum absolute atomic E-state index is 0.115. The number of thioether (sulfide) groups is 1. The fraction of sp³-hybridized carbons (Fsp3) is 0.619. The zero-order valence-corrected chi connectivity index (χ0v) is 18.7. The van der Waals surface area contributed by atoms with E-state index in [0.717, 1.165) is 39.3 Å². The maximum absolute atomic E-state index is 13.4. The molecule has 2 heterocycles. The molecule has 2 aliphatic rings. The first-order valence-electron chi connectivity index (χ1n) is 10.3. The SMILES string of the molecule is C#CC1/C=C\C=C/CN(CCCN2CCOCC2)C(=O)N1CSC(NC)C(=O)NC. The summed E-state index contributed by atoms with van der Waals surface area (Å²) < 4.78 is 5.39. The largest absolute Gasteiger partial charge is 0.379 e. The molecule has 166 valence electrons. The summed E-state index contributed by atoms with van der Waals surface area (Å²) in [6.07, 6.45) is 14.2. The van der Waals surface area contributed by atoms with Crippen LogP contribution in [-0.4, -0.2) is 104 Å². The third-order valence-electron chi connectivity index (χ3n) is 5.02. The smallest absolute Gasteiger partial charge is 0.322 e. The first kappa shape index (κ1) is 24.3. The highest BCUT2D eigenvalue weighted by atomic mass is 32.2. The van der Waals surface area contributed by atoms with Crippen LogP contribution in [0.15, 0.2) is 24.3 Å². The Kier molecular flexibility index (Phi) is 10.8. The van der Waals surface area contributed by atoms with Crippen LogP contribution in [0.1, 0.15) is 6.42 Å². The van der Waals surface area contributed by atoms with Crippen LogP contribution in [0.2, 0.25) is 0 Å². The second kappa shape index (κ2) is 13.3. The number of urea groups is 1. The predicted molar refractivity (Wildman–Crippen MR) is 121 cm³/mol. The van der Waals surface area contributed by atoms with Crippen LogP contribution in [0.5, 0.6) is 0 Å². The number of amides is 3. The summed E-state index contributed by atoms with van der Waals surface area (Å²) in [5.41, 5.74) is 0. The van der Waals surface area contributed by atoms with Gasteiger partial charge in [0.1, 0.15) is 11.4 Å². The van der Waals surface area contributed by atoms with Crippen molar-refractivity contribution in [1.29, 1.82) is 0 Å². The Labute approximate surface area is 184 Å². The number of hydrogen-bond acceptors (Lipinski definition) is 6. The number of allylic oxidation sites excluding steroid dienone is 2. The van der Waals surface area contributed by atoms with Gasteiger partial charge in [-0.3, -0.25) is 14.6 Å². The lowest BCUT2D eigenvalue weighted by Crippen LogP contribution is -2.49. The standard InChI is InChI=1S/C21H33N5O3S/c1-4-18-9-6-5-7-11-25(12-8-10-24-13-15-29-16-14-24)21(28)26(18)17-30-20(23-3)19(27)22-2/h1,5-7,9,18,20,23H,8,10-17H2,2-3H3,(H,22,27)/b7-5-,9-6-. The van der Waals surface area contributed by atoms with Gasteiger partial charge in [0.2, 0.25) is 5.91 Å². The molecule has 0 aromatic carbocycles. The van der Waals surface area contributed by atoms with E-state index in [2.05, 4.69) is 21.5 Å². The van der Waals surface area contributed by atoms with Gasteiger partial charge in [0.15, 0.2) is 0 Å². The number of carbonyl (C=O) groups is 2. The average molecular weight is 436 g/mol. The molecule has 0 spiro atoms. The van der Waals surface area contributed by atoms with Crippen LogP contribution in [0.4, 0.5) is 4.79 Å². The summed E-state index contributed by atoms with van der Waals surface area (Å²) in [5.74, 6) is 2.85. The van der Waals surface area contributed by atoms with E-state index in [1.165, 1.54) is 11.8 Å². The van der Waals surface area contributed by atoms with E-state index in [1.54, 1.807) is 19.0 Å². The lowest BCUT2D eigenvalue weighted by molar-refractivity contribution is -0.120. The number of ether oxygens (including phenoxy) is 1. The van der Waals surface area contributed by atoms with Crippen LogP contribution in [0.25, 0.3) is 0 Å². The van der Waals surface area contributed by atoms with Crippen LogP contribution in [-0.2, 0) is 9.53 Å². The predicted octanol–water partition coefficient (Wildman–Crippen LogP) is 0.543. The molecule has 30 heavy (non-hydrogen) atoms. The molecular weight excluding hydrogens is 402 g/mol. The molecule has 2 rings (SSSR count). The van der Waals surface area contributed by atoms with Crippen molar-refractivity contribution in [2.45, 2.75) is 17.8 Å². The fourth-order valence-electron chi connectivity index (χ4n) is 3.27. The number of nitrogens with one attached hydrogen (secondary N) is 2. The Bertz CT molecular complexity index is 658. The van der Waals surface area contributed by atoms with Gasteiger partial charge in [-0.25, -0.2) is 4.79 Å². The zero-order valence-electron chi connectivity index (χ0n) is 17.9. The zero-order chi connectivity index (χ0) is 21.8. The van der Waals surface area contributed by atoms with E-state index in [-0.39, 0.29) is 11.9 Å². The first-order chi connectivity index (χ1) is 14.6. The van der Waals surface area contributed by atoms with Crippen molar-refractivity contribution in [2.24, 2.45) is 0 Å². The van der Waals surface area contributed by atoms with Gasteiger partial charge in [0.05, 0.1) is 19.1 Å². The molecule has 1 fully saturated rings. The van der Waals surface area contributed by atoms with Crippen molar-refractivity contribution in [3.05, 3.63) is 24.3 Å². The van der Waals surface area contributed by atoms with E-state index in [9.17, 15) is 9.59 Å². The summed E-state index contributed by atoms with van der Waals surface area (Å²) >= 11 is 1.34. The molecule has 2 unspecified atom stereocenters. The van der Waals surface area contributed by atoms with Gasteiger partial charge >= 0.3 is 6.03 Å². The molecule has 0 aromatic rings. The van der Waals surface area contributed by atoms with Crippen molar-refractivity contribution in [1.82, 2.24) is 25.3 Å². The molecule has 8 nitrogen and oxygen atoms in total. The molecule has 2 atom stereocenters. The summed E-state index contributed by atoms with van der Waals surface area (Å²) in [7, 11) is 3.31. The second-order valence-corrected chi connectivity index (χ2v) is 8.07. The van der Waals surface area contributed by atoms with Crippen LogP contribution >= 0.6 is 11.8 Å². The van der Waals surface area contributed by atoms with Crippen LogP contribution in [0, 0.1) is 12.3 Å². The van der Waals surface area contributed by atoms with Crippen molar-refractivity contribution < 1.29 is 14.3 Å². The van der Waals surface area contributed by atoms with Gasteiger partial charge in [0.25, 0.3) is 0 Å². The highest BCUT2D eigenvalue weighted by molar-refractivity contribution is 8.00. The summed E-state index contributed by atoms with van der Waals surface area (Å²) in [6.45, 7) is 5.50. The lowest BCUT2D eigenvalue weighted by Gasteiger charge is -2.33. The second-order valence-electron chi connectivity index (χ2n) is 7.01. The number of carbonyl (C=O) groups excluding carboxylic acids is 2. The lowest BCUT2D eigenvalue weighted by atomic mass is 10.2. The topological polar surface area (TPSA) is 77.2 Å². The van der Waals surface area contributed by atoms with E-state index in [1.807, 2.05) is 29.2 Å². The quantitative estimate of drug-likeness (QED) is 0.407. The van der Waals surface area contributed by atoms with Gasteiger partial charge in [-0.2, -0.15) is 0 Å². The monoisotopic (exact) mass is 435 g/mol. The average Bonchev–Trinajstić information content (AvgIpc) is 2.85. The maximum Gasteiger partial charge on any atom is 0.322 e. The van der Waals surface area contributed by atoms with Crippen molar-refractivity contribution in [3.8, 4) is 12.3 Å². The Morgan fingerprint density at radius 2 is 2.10 bits per heavy atom. The Morgan fingerprint density at radius 3 is 2.77 bits per heavy atom. The summed E-state index contributed by atoms with van der Waals surface area (Å²) in [6, 6.07) is -0.591. The van der Waals surface area contributed by atoms with E-state index in [4.69, 9.17) is 11.2 Å². The molecule has 0 aliphatic carbocycles. The maximum atomic E-state index is 13.4. The first-order valence-corrected chi connectivity index (χ1v) is 11.3. The van der Waals surface area contributed by atoms with E-state index < -0.39 is 11.4 Å². The number of rotatable bonds is 9. The Hall–Kier alpha value is -1.99. The van der Waals surface area contributed by atoms with Crippen molar-refractivity contribution in [2.75, 3.05) is 65.9 Å². The Balaban J connectivity index is 2.03. The normalized spacial score (nSPS) is 23.6. The van der Waals surface area contributed by atoms with E-state index in [0.29, 0.717) is 19.0 Å². The van der Waals surface area contributed by atoms with Gasteiger partial charge in [-0.05, 0) is 19.5 Å². The third-order valence-corrected chi connectivity index (χ3v) is 6.23. The minimum atomic E-state index is -0.475. The molecule has 2 N–H and O–H groups in total. The molecule has 9 heteroatoms. The fourth-order valence-corrected chi connectivity index (χ4v) is 4.29. The molecule has 2 aliphatic heterocycles. The Morgan fingerprint density at radius 1 is 1.33 bits per heavy atom. The third kappa shape index (κ3) is 7.36. The number of nitrogens with zero attached hydrogens (tertiary/aromatic N) is 3. The number of hydrogen-bond donors (Lipinski definition) is 2. The highest BCUT2D eigenvalue weighted by Crippen LogP contribution is 2.17. The van der Waals surface area contributed by atoms with Gasteiger partial charge in [0, 0.05) is 39.8 Å². The highest BCUT2D eigenvalue weighted by Gasteiger charge is 2.27. The molecule has 1 saturated heterocycles. The molecular formula is C21H33N5O3S. The molecule has 0 radical (unpaired) electrons.